The number of benzene rings is 1. The zero-order valence-corrected chi connectivity index (χ0v) is 11.0. The minimum absolute atomic E-state index is 0.359. The third-order valence-corrected chi connectivity index (χ3v) is 3.31. The summed E-state index contributed by atoms with van der Waals surface area (Å²) in [5, 5.41) is 4.00. The zero-order chi connectivity index (χ0) is 12.3. The number of halogens is 1. The predicted molar refractivity (Wildman–Crippen MR) is 74.8 cm³/mol. The molecule has 5 heteroatoms. The lowest BCUT2D eigenvalue weighted by Gasteiger charge is -2.14. The first-order chi connectivity index (χ1) is 8.16. The summed E-state index contributed by atoms with van der Waals surface area (Å²) in [5.74, 6) is 0.560. The van der Waals surface area contributed by atoms with E-state index in [4.69, 9.17) is 34.3 Å². The van der Waals surface area contributed by atoms with Crippen LogP contribution in [0.2, 0.25) is 5.02 Å². The van der Waals surface area contributed by atoms with Gasteiger partial charge in [0.25, 0.3) is 0 Å². The number of thiocarbonyl (C=S) groups is 1. The molecule has 0 bridgehead atoms. The Balaban J connectivity index is 2.06. The first kappa shape index (κ1) is 12.6. The first-order valence-corrected chi connectivity index (χ1v) is 6.36. The van der Waals surface area contributed by atoms with E-state index in [1.165, 1.54) is 0 Å². The summed E-state index contributed by atoms with van der Waals surface area (Å²) in [6, 6.07) is 5.53. The van der Waals surface area contributed by atoms with Crippen LogP contribution in [0.3, 0.4) is 0 Å². The van der Waals surface area contributed by atoms with Crippen LogP contribution in [0, 0.1) is 5.92 Å². The molecule has 0 spiro atoms. The van der Waals surface area contributed by atoms with E-state index in [2.05, 4.69) is 5.32 Å². The van der Waals surface area contributed by atoms with Crippen LogP contribution in [0.15, 0.2) is 18.2 Å². The van der Waals surface area contributed by atoms with Crippen molar-refractivity contribution in [3.8, 4) is 0 Å². The van der Waals surface area contributed by atoms with Gasteiger partial charge in [0.15, 0.2) is 0 Å². The average molecular weight is 271 g/mol. The van der Waals surface area contributed by atoms with Crippen LogP contribution in [-0.2, 0) is 4.74 Å². The van der Waals surface area contributed by atoms with Gasteiger partial charge in [-0.3, -0.25) is 0 Å². The molecule has 0 saturated carbocycles. The van der Waals surface area contributed by atoms with Crippen molar-refractivity contribution >= 4 is 34.5 Å². The molecule has 1 saturated heterocycles. The molecule has 3 N–H and O–H groups in total. The molecule has 0 radical (unpaired) electrons. The van der Waals surface area contributed by atoms with Crippen LogP contribution in [-0.4, -0.2) is 24.7 Å². The maximum Gasteiger partial charge on any atom is 0.106 e. The minimum Gasteiger partial charge on any atom is -0.389 e. The highest BCUT2D eigenvalue weighted by Crippen LogP contribution is 2.22. The van der Waals surface area contributed by atoms with Crippen molar-refractivity contribution in [1.82, 2.24) is 0 Å². The summed E-state index contributed by atoms with van der Waals surface area (Å²) in [6.45, 7) is 2.55. The number of anilines is 1. The maximum absolute atomic E-state index is 5.93. The summed E-state index contributed by atoms with van der Waals surface area (Å²) in [4.78, 5) is 0.359. The van der Waals surface area contributed by atoms with Crippen molar-refractivity contribution in [2.45, 2.75) is 6.42 Å². The van der Waals surface area contributed by atoms with E-state index in [0.717, 1.165) is 37.4 Å². The topological polar surface area (TPSA) is 47.3 Å². The second-order valence-electron chi connectivity index (χ2n) is 4.16. The van der Waals surface area contributed by atoms with Crippen LogP contribution < -0.4 is 11.1 Å². The number of ether oxygens (including phenoxy) is 1. The third kappa shape index (κ3) is 3.31. The Hall–Kier alpha value is -0.840. The Morgan fingerprint density at radius 2 is 2.41 bits per heavy atom. The predicted octanol–water partition coefficient (Wildman–Crippen LogP) is 2.42. The van der Waals surface area contributed by atoms with Gasteiger partial charge in [0, 0.05) is 35.3 Å². The van der Waals surface area contributed by atoms with E-state index in [-0.39, 0.29) is 0 Å². The van der Waals surface area contributed by atoms with E-state index in [1.807, 2.05) is 12.1 Å². The van der Waals surface area contributed by atoms with Gasteiger partial charge >= 0.3 is 0 Å². The molecule has 1 unspecified atom stereocenters. The number of hydrogen-bond donors (Lipinski definition) is 2. The standard InChI is InChI=1S/C12H15ClN2OS/c13-9-1-2-11(10(5-9)12(14)17)15-6-8-3-4-16-7-8/h1-2,5,8,15H,3-4,6-7H2,(H2,14,17). The molecule has 0 aromatic heterocycles. The lowest BCUT2D eigenvalue weighted by molar-refractivity contribution is 0.187. The summed E-state index contributed by atoms with van der Waals surface area (Å²) in [5.41, 5.74) is 7.41. The van der Waals surface area contributed by atoms with Crippen molar-refractivity contribution in [2.75, 3.05) is 25.1 Å². The molecule has 1 aromatic rings. The fraction of sp³-hybridized carbons (Fsp3) is 0.417. The average Bonchev–Trinajstić information content (AvgIpc) is 2.80. The zero-order valence-electron chi connectivity index (χ0n) is 9.41. The Labute approximate surface area is 111 Å². The van der Waals surface area contributed by atoms with Gasteiger partial charge in [0.2, 0.25) is 0 Å². The second kappa shape index (κ2) is 5.67. The number of nitrogens with two attached hydrogens (primary N) is 1. The first-order valence-electron chi connectivity index (χ1n) is 5.58. The maximum atomic E-state index is 5.93. The molecule has 0 aliphatic carbocycles. The normalized spacial score (nSPS) is 19.2. The summed E-state index contributed by atoms with van der Waals surface area (Å²) in [6.07, 6.45) is 1.10. The van der Waals surface area contributed by atoms with Crippen molar-refractivity contribution in [2.24, 2.45) is 11.7 Å². The molecule has 92 valence electrons. The summed E-state index contributed by atoms with van der Waals surface area (Å²) < 4.78 is 5.33. The van der Waals surface area contributed by atoms with Gasteiger partial charge in [0.05, 0.1) is 6.61 Å². The fourth-order valence-corrected chi connectivity index (χ4v) is 2.21. The summed E-state index contributed by atoms with van der Waals surface area (Å²) >= 11 is 10.9. The van der Waals surface area contributed by atoms with E-state index in [0.29, 0.717) is 15.9 Å². The highest BCUT2D eigenvalue weighted by Gasteiger charge is 2.16. The van der Waals surface area contributed by atoms with Crippen molar-refractivity contribution in [3.05, 3.63) is 28.8 Å². The number of hydrogen-bond acceptors (Lipinski definition) is 3. The van der Waals surface area contributed by atoms with Crippen LogP contribution in [0.1, 0.15) is 12.0 Å². The molecule has 1 aliphatic heterocycles. The fourth-order valence-electron chi connectivity index (χ4n) is 1.87. The van der Waals surface area contributed by atoms with Gasteiger partial charge in [-0.15, -0.1) is 0 Å². The third-order valence-electron chi connectivity index (χ3n) is 2.85. The highest BCUT2D eigenvalue weighted by atomic mass is 35.5. The van der Waals surface area contributed by atoms with Gasteiger partial charge in [-0.2, -0.15) is 0 Å². The molecule has 1 atom stereocenters. The van der Waals surface area contributed by atoms with Gasteiger partial charge in [0.1, 0.15) is 4.99 Å². The van der Waals surface area contributed by atoms with Gasteiger partial charge < -0.3 is 15.8 Å². The van der Waals surface area contributed by atoms with Crippen LogP contribution >= 0.6 is 23.8 Å². The van der Waals surface area contributed by atoms with Crippen LogP contribution in [0.4, 0.5) is 5.69 Å². The number of nitrogens with one attached hydrogen (secondary N) is 1. The lowest BCUT2D eigenvalue weighted by atomic mass is 10.1. The molecular weight excluding hydrogens is 256 g/mol. The smallest absolute Gasteiger partial charge is 0.106 e. The molecule has 1 heterocycles. The molecule has 1 aliphatic rings. The van der Waals surface area contributed by atoms with Crippen molar-refractivity contribution in [3.63, 3.8) is 0 Å². The van der Waals surface area contributed by atoms with E-state index < -0.39 is 0 Å². The second-order valence-corrected chi connectivity index (χ2v) is 5.04. The molecule has 2 rings (SSSR count). The van der Waals surface area contributed by atoms with Crippen molar-refractivity contribution in [1.29, 1.82) is 0 Å². The minimum atomic E-state index is 0.359. The van der Waals surface area contributed by atoms with Gasteiger partial charge in [-0.05, 0) is 24.6 Å². The Morgan fingerprint density at radius 3 is 3.06 bits per heavy atom. The molecule has 17 heavy (non-hydrogen) atoms. The number of rotatable bonds is 4. The van der Waals surface area contributed by atoms with E-state index >= 15 is 0 Å². The molecule has 1 fully saturated rings. The van der Waals surface area contributed by atoms with Crippen LogP contribution in [0.25, 0.3) is 0 Å². The molecule has 0 amide bonds. The molecular formula is C12H15ClN2OS. The lowest BCUT2D eigenvalue weighted by Crippen LogP contribution is -2.18. The Morgan fingerprint density at radius 1 is 1.59 bits per heavy atom. The Kier molecular flexibility index (Phi) is 4.20. The monoisotopic (exact) mass is 270 g/mol. The van der Waals surface area contributed by atoms with Crippen LogP contribution in [0.5, 0.6) is 0 Å². The Bertz CT molecular complexity index is 419. The quantitative estimate of drug-likeness (QED) is 0.825. The summed E-state index contributed by atoms with van der Waals surface area (Å²) in [7, 11) is 0. The molecule has 3 nitrogen and oxygen atoms in total. The van der Waals surface area contributed by atoms with Gasteiger partial charge in [-0.25, -0.2) is 0 Å². The van der Waals surface area contributed by atoms with Gasteiger partial charge in [-0.1, -0.05) is 23.8 Å². The largest absolute Gasteiger partial charge is 0.389 e. The highest BCUT2D eigenvalue weighted by molar-refractivity contribution is 7.80. The SMILES string of the molecule is NC(=S)c1cc(Cl)ccc1NCC1CCOC1. The van der Waals surface area contributed by atoms with E-state index in [1.54, 1.807) is 6.07 Å². The van der Waals surface area contributed by atoms with Crippen molar-refractivity contribution < 1.29 is 4.74 Å². The van der Waals surface area contributed by atoms with E-state index in [9.17, 15) is 0 Å². The molecule has 1 aromatic carbocycles.